The van der Waals surface area contributed by atoms with Crippen molar-refractivity contribution in [1.29, 1.82) is 0 Å². The first-order valence-corrected chi connectivity index (χ1v) is 6.49. The third-order valence-electron chi connectivity index (χ3n) is 3.07. The Labute approximate surface area is 121 Å². The first-order valence-electron chi connectivity index (χ1n) is 6.49. The number of fused-ring (bicyclic) bond motifs is 1. The van der Waals surface area contributed by atoms with E-state index in [2.05, 4.69) is 15.5 Å². The van der Waals surface area contributed by atoms with Gasteiger partial charge in [-0.25, -0.2) is 0 Å². The molecule has 0 saturated carbocycles. The predicted molar refractivity (Wildman–Crippen MR) is 84.6 cm³/mol. The van der Waals surface area contributed by atoms with Gasteiger partial charge in [0, 0.05) is 17.1 Å². The number of aromatic nitrogens is 2. The highest BCUT2D eigenvalue weighted by atomic mass is 16.1. The zero-order valence-corrected chi connectivity index (χ0v) is 11.2. The second kappa shape index (κ2) is 5.50. The Hall–Kier alpha value is -3.08. The fraction of sp³-hybridized carbons (Fsp3) is 0. The lowest BCUT2D eigenvalue weighted by Crippen LogP contribution is -2.08. The number of H-pyrrole nitrogens is 1. The number of amides is 1. The number of para-hydroxylation sites is 1. The van der Waals surface area contributed by atoms with Gasteiger partial charge in [-0.2, -0.15) is 5.10 Å². The number of nitrogens with two attached hydrogens (primary N) is 1. The summed E-state index contributed by atoms with van der Waals surface area (Å²) in [4.78, 5) is 12.0. The molecule has 1 heterocycles. The van der Waals surface area contributed by atoms with Crippen LogP contribution in [0.25, 0.3) is 17.0 Å². The van der Waals surface area contributed by atoms with Crippen LogP contribution >= 0.6 is 0 Å². The van der Waals surface area contributed by atoms with Gasteiger partial charge in [-0.05, 0) is 29.8 Å². The maximum absolute atomic E-state index is 12.0. The monoisotopic (exact) mass is 278 g/mol. The number of hydrogen-bond acceptors (Lipinski definition) is 3. The number of hydrogen-bond donors (Lipinski definition) is 3. The van der Waals surface area contributed by atoms with Gasteiger partial charge < -0.3 is 11.1 Å². The van der Waals surface area contributed by atoms with Crippen LogP contribution in [0.15, 0.2) is 54.7 Å². The molecule has 5 heteroatoms. The number of nitrogen functional groups attached to an aromatic ring is 1. The Balaban J connectivity index is 1.76. The van der Waals surface area contributed by atoms with E-state index in [-0.39, 0.29) is 5.91 Å². The molecular formula is C16H14N4O. The van der Waals surface area contributed by atoms with E-state index in [9.17, 15) is 4.79 Å². The third-order valence-corrected chi connectivity index (χ3v) is 3.07. The first kappa shape index (κ1) is 12.9. The van der Waals surface area contributed by atoms with Crippen LogP contribution < -0.4 is 11.1 Å². The minimum atomic E-state index is -0.209. The average molecular weight is 278 g/mol. The topological polar surface area (TPSA) is 83.8 Å². The van der Waals surface area contributed by atoms with Gasteiger partial charge in [0.15, 0.2) is 0 Å². The first-order chi connectivity index (χ1) is 10.2. The molecule has 4 N–H and O–H groups in total. The van der Waals surface area contributed by atoms with Crippen molar-refractivity contribution < 1.29 is 4.79 Å². The summed E-state index contributed by atoms with van der Waals surface area (Å²) in [7, 11) is 0. The molecule has 0 saturated heterocycles. The molecule has 104 valence electrons. The lowest BCUT2D eigenvalue weighted by molar-refractivity contribution is -0.111. The van der Waals surface area contributed by atoms with Gasteiger partial charge >= 0.3 is 0 Å². The standard InChI is InChI=1S/C16H14N4O/c17-13-5-1-3-11(9-13)7-8-15(21)19-14-6-2-4-12-10-18-20-16(12)14/h1-10H,17H2,(H,18,20)(H,19,21)/b8-7+. The van der Waals surface area contributed by atoms with Crippen LogP contribution in [-0.2, 0) is 4.79 Å². The van der Waals surface area contributed by atoms with Crippen LogP contribution in [0.5, 0.6) is 0 Å². The molecule has 0 fully saturated rings. The van der Waals surface area contributed by atoms with Crippen LogP contribution in [0, 0.1) is 0 Å². The molecule has 0 aliphatic heterocycles. The fourth-order valence-electron chi connectivity index (χ4n) is 2.08. The summed E-state index contributed by atoms with van der Waals surface area (Å²) in [6.45, 7) is 0. The van der Waals surface area contributed by atoms with E-state index >= 15 is 0 Å². The zero-order valence-electron chi connectivity index (χ0n) is 11.2. The molecule has 21 heavy (non-hydrogen) atoms. The van der Waals surface area contributed by atoms with E-state index in [1.54, 1.807) is 24.4 Å². The van der Waals surface area contributed by atoms with Crippen LogP contribution in [0.3, 0.4) is 0 Å². The Bertz CT molecular complexity index is 820. The van der Waals surface area contributed by atoms with Crippen molar-refractivity contribution in [1.82, 2.24) is 10.2 Å². The van der Waals surface area contributed by atoms with Gasteiger partial charge in [0.25, 0.3) is 0 Å². The molecule has 0 radical (unpaired) electrons. The minimum absolute atomic E-state index is 0.209. The van der Waals surface area contributed by atoms with Gasteiger partial charge in [-0.15, -0.1) is 0 Å². The molecule has 3 aromatic rings. The molecule has 0 aliphatic rings. The van der Waals surface area contributed by atoms with Gasteiger partial charge in [0.2, 0.25) is 5.91 Å². The summed E-state index contributed by atoms with van der Waals surface area (Å²) in [5.41, 5.74) is 8.75. The molecule has 2 aromatic carbocycles. The third kappa shape index (κ3) is 2.92. The van der Waals surface area contributed by atoms with E-state index in [0.717, 1.165) is 16.5 Å². The summed E-state index contributed by atoms with van der Waals surface area (Å²) in [5, 5.41) is 10.6. The van der Waals surface area contributed by atoms with E-state index in [0.29, 0.717) is 11.4 Å². The number of aromatic amines is 1. The van der Waals surface area contributed by atoms with E-state index in [1.807, 2.05) is 30.3 Å². The lowest BCUT2D eigenvalue weighted by Gasteiger charge is -2.03. The molecule has 5 nitrogen and oxygen atoms in total. The van der Waals surface area contributed by atoms with Gasteiger partial charge in [-0.1, -0.05) is 24.3 Å². The van der Waals surface area contributed by atoms with Crippen LogP contribution in [0.2, 0.25) is 0 Å². The highest BCUT2D eigenvalue weighted by Gasteiger charge is 2.04. The quantitative estimate of drug-likeness (QED) is 0.509. The Morgan fingerprint density at radius 2 is 2.10 bits per heavy atom. The Morgan fingerprint density at radius 1 is 1.24 bits per heavy atom. The minimum Gasteiger partial charge on any atom is -0.399 e. The van der Waals surface area contributed by atoms with Crippen LogP contribution in [-0.4, -0.2) is 16.1 Å². The van der Waals surface area contributed by atoms with Crippen molar-refractivity contribution in [2.75, 3.05) is 11.1 Å². The van der Waals surface area contributed by atoms with E-state index in [1.165, 1.54) is 6.08 Å². The SMILES string of the molecule is Nc1cccc(/C=C/C(=O)Nc2cccc3cn[nH]c23)c1. The second-order valence-electron chi connectivity index (χ2n) is 4.63. The summed E-state index contributed by atoms with van der Waals surface area (Å²) in [6.07, 6.45) is 4.91. The predicted octanol–water partition coefficient (Wildman–Crippen LogP) is 2.80. The van der Waals surface area contributed by atoms with Crippen molar-refractivity contribution >= 4 is 34.3 Å². The number of benzene rings is 2. The van der Waals surface area contributed by atoms with Crippen LogP contribution in [0.1, 0.15) is 5.56 Å². The number of nitrogens with zero attached hydrogens (tertiary/aromatic N) is 1. The second-order valence-corrected chi connectivity index (χ2v) is 4.63. The van der Waals surface area contributed by atoms with Gasteiger partial charge in [0.05, 0.1) is 17.4 Å². The van der Waals surface area contributed by atoms with Crippen molar-refractivity contribution in [3.63, 3.8) is 0 Å². The Kier molecular flexibility index (Phi) is 3.39. The molecule has 3 rings (SSSR count). The highest BCUT2D eigenvalue weighted by Crippen LogP contribution is 2.20. The number of carbonyl (C=O) groups excluding carboxylic acids is 1. The van der Waals surface area contributed by atoms with Gasteiger partial charge in [0.1, 0.15) is 0 Å². The largest absolute Gasteiger partial charge is 0.399 e. The normalized spacial score (nSPS) is 11.0. The van der Waals surface area contributed by atoms with Crippen molar-refractivity contribution in [3.05, 3.63) is 60.3 Å². The zero-order chi connectivity index (χ0) is 14.7. The molecule has 0 bridgehead atoms. The van der Waals surface area contributed by atoms with Crippen molar-refractivity contribution in [3.8, 4) is 0 Å². The number of carbonyl (C=O) groups is 1. The van der Waals surface area contributed by atoms with Crippen LogP contribution in [0.4, 0.5) is 11.4 Å². The number of anilines is 2. The molecule has 0 unspecified atom stereocenters. The molecule has 0 spiro atoms. The summed E-state index contributed by atoms with van der Waals surface area (Å²) < 4.78 is 0. The molecule has 0 aliphatic carbocycles. The summed E-state index contributed by atoms with van der Waals surface area (Å²) >= 11 is 0. The van der Waals surface area contributed by atoms with Crippen molar-refractivity contribution in [2.24, 2.45) is 0 Å². The van der Waals surface area contributed by atoms with Crippen molar-refractivity contribution in [2.45, 2.75) is 0 Å². The molecule has 0 atom stereocenters. The number of rotatable bonds is 3. The van der Waals surface area contributed by atoms with E-state index < -0.39 is 0 Å². The average Bonchev–Trinajstić information content (AvgIpc) is 2.95. The highest BCUT2D eigenvalue weighted by molar-refractivity contribution is 6.06. The van der Waals surface area contributed by atoms with Gasteiger partial charge in [-0.3, -0.25) is 9.89 Å². The van der Waals surface area contributed by atoms with E-state index in [4.69, 9.17) is 5.73 Å². The molecule has 1 aromatic heterocycles. The molecular weight excluding hydrogens is 264 g/mol. The molecule has 1 amide bonds. The smallest absolute Gasteiger partial charge is 0.248 e. The lowest BCUT2D eigenvalue weighted by atomic mass is 10.2. The summed E-state index contributed by atoms with van der Waals surface area (Å²) in [5.74, 6) is -0.209. The Morgan fingerprint density at radius 3 is 2.95 bits per heavy atom. The maximum Gasteiger partial charge on any atom is 0.248 e. The fourth-order valence-corrected chi connectivity index (χ4v) is 2.08. The summed E-state index contributed by atoms with van der Waals surface area (Å²) in [6, 6.07) is 13.0. The maximum atomic E-state index is 12.0. The number of nitrogens with one attached hydrogen (secondary N) is 2.